The van der Waals surface area contributed by atoms with Gasteiger partial charge in [0, 0.05) is 32.7 Å². The first-order valence-electron chi connectivity index (χ1n) is 8.62. The van der Waals surface area contributed by atoms with Gasteiger partial charge in [-0.3, -0.25) is 4.90 Å². The number of hydrogen-bond acceptors (Lipinski definition) is 5. The molecule has 5 heteroatoms. The molecule has 0 aromatic heterocycles. The molecular weight excluding hydrogens is 292 g/mol. The highest BCUT2D eigenvalue weighted by Gasteiger charge is 2.10. The molecule has 0 spiro atoms. The summed E-state index contributed by atoms with van der Waals surface area (Å²) in [4.78, 5) is 2.43. The van der Waals surface area contributed by atoms with Gasteiger partial charge in [0.1, 0.15) is 0 Å². The number of nitrogens with one attached hydrogen (secondary N) is 1. The van der Waals surface area contributed by atoms with E-state index in [2.05, 4.69) is 22.3 Å². The van der Waals surface area contributed by atoms with Gasteiger partial charge in [0.2, 0.25) is 0 Å². The van der Waals surface area contributed by atoms with Crippen LogP contribution in [0.2, 0.25) is 0 Å². The lowest BCUT2D eigenvalue weighted by Crippen LogP contribution is -2.40. The molecule has 0 bridgehead atoms. The van der Waals surface area contributed by atoms with Crippen LogP contribution in [0.1, 0.15) is 26.3 Å². The fourth-order valence-corrected chi connectivity index (χ4v) is 2.58. The molecule has 1 saturated heterocycles. The number of morpholine rings is 1. The Labute approximate surface area is 139 Å². The number of hydrogen-bond donors (Lipinski definition) is 1. The van der Waals surface area contributed by atoms with Crippen molar-refractivity contribution >= 4 is 0 Å². The van der Waals surface area contributed by atoms with Crippen LogP contribution in [-0.4, -0.2) is 57.0 Å². The number of benzene rings is 1. The van der Waals surface area contributed by atoms with Crippen molar-refractivity contribution in [2.75, 3.05) is 46.0 Å². The Balaban J connectivity index is 1.80. The van der Waals surface area contributed by atoms with E-state index in [1.165, 1.54) is 5.56 Å². The summed E-state index contributed by atoms with van der Waals surface area (Å²) < 4.78 is 16.9. The maximum atomic E-state index is 5.79. The highest BCUT2D eigenvalue weighted by atomic mass is 16.5. The molecule has 2 rings (SSSR count). The highest BCUT2D eigenvalue weighted by Crippen LogP contribution is 2.29. The average molecular weight is 322 g/mol. The minimum Gasteiger partial charge on any atom is -0.490 e. The Morgan fingerprint density at radius 2 is 2.00 bits per heavy atom. The van der Waals surface area contributed by atoms with Gasteiger partial charge in [0.25, 0.3) is 0 Å². The van der Waals surface area contributed by atoms with E-state index in [-0.39, 0.29) is 6.10 Å². The minimum atomic E-state index is 0.145. The lowest BCUT2D eigenvalue weighted by molar-refractivity contribution is 0.0384. The van der Waals surface area contributed by atoms with Crippen molar-refractivity contribution in [2.45, 2.75) is 33.4 Å². The lowest BCUT2D eigenvalue weighted by Gasteiger charge is -2.26. The summed E-state index contributed by atoms with van der Waals surface area (Å²) in [6.07, 6.45) is 0.145. The van der Waals surface area contributed by atoms with Gasteiger partial charge in [-0.05, 0) is 38.5 Å². The molecule has 0 atom stereocenters. The van der Waals surface area contributed by atoms with Crippen molar-refractivity contribution in [3.05, 3.63) is 23.8 Å². The van der Waals surface area contributed by atoms with Gasteiger partial charge in [-0.25, -0.2) is 0 Å². The van der Waals surface area contributed by atoms with Crippen LogP contribution in [-0.2, 0) is 11.3 Å². The third-order valence-electron chi connectivity index (χ3n) is 3.71. The first kappa shape index (κ1) is 18.0. The van der Waals surface area contributed by atoms with E-state index in [0.717, 1.165) is 57.4 Å². The normalized spacial score (nSPS) is 15.8. The van der Waals surface area contributed by atoms with E-state index in [0.29, 0.717) is 6.61 Å². The molecule has 0 aliphatic carbocycles. The quantitative estimate of drug-likeness (QED) is 0.707. The lowest BCUT2D eigenvalue weighted by atomic mass is 10.2. The summed E-state index contributed by atoms with van der Waals surface area (Å²) >= 11 is 0. The van der Waals surface area contributed by atoms with E-state index >= 15 is 0 Å². The molecule has 0 unspecified atom stereocenters. The Kier molecular flexibility index (Phi) is 7.65. The molecule has 1 fully saturated rings. The van der Waals surface area contributed by atoms with Crippen LogP contribution in [0.15, 0.2) is 18.2 Å². The van der Waals surface area contributed by atoms with Gasteiger partial charge < -0.3 is 19.5 Å². The standard InChI is InChI=1S/C18H30N2O3/c1-4-22-18-13-16(5-6-17(18)23-15(2)3)14-19-7-8-20-9-11-21-12-10-20/h5-6,13,15,19H,4,7-12,14H2,1-3H3. The van der Waals surface area contributed by atoms with E-state index in [1.807, 2.05) is 26.8 Å². The van der Waals surface area contributed by atoms with Crippen molar-refractivity contribution in [3.63, 3.8) is 0 Å². The van der Waals surface area contributed by atoms with E-state index in [9.17, 15) is 0 Å². The summed E-state index contributed by atoms with van der Waals surface area (Å²) in [6.45, 7) is 13.4. The predicted octanol–water partition coefficient (Wildman–Crippen LogP) is 2.29. The van der Waals surface area contributed by atoms with Crippen molar-refractivity contribution < 1.29 is 14.2 Å². The zero-order valence-electron chi connectivity index (χ0n) is 14.6. The third-order valence-corrected chi connectivity index (χ3v) is 3.71. The highest BCUT2D eigenvalue weighted by molar-refractivity contribution is 5.43. The van der Waals surface area contributed by atoms with Gasteiger partial charge in [0.15, 0.2) is 11.5 Å². The summed E-state index contributed by atoms with van der Waals surface area (Å²) in [5, 5.41) is 3.50. The number of rotatable bonds is 9. The third kappa shape index (κ3) is 6.37. The second kappa shape index (κ2) is 9.75. The van der Waals surface area contributed by atoms with Gasteiger partial charge in [-0.2, -0.15) is 0 Å². The molecule has 5 nitrogen and oxygen atoms in total. The number of ether oxygens (including phenoxy) is 3. The van der Waals surface area contributed by atoms with Crippen LogP contribution >= 0.6 is 0 Å². The predicted molar refractivity (Wildman–Crippen MR) is 92.3 cm³/mol. The summed E-state index contributed by atoms with van der Waals surface area (Å²) in [5.74, 6) is 1.65. The monoisotopic (exact) mass is 322 g/mol. The van der Waals surface area contributed by atoms with Crippen LogP contribution in [0.5, 0.6) is 11.5 Å². The number of nitrogens with zero attached hydrogens (tertiary/aromatic N) is 1. The van der Waals surface area contributed by atoms with Gasteiger partial charge in [-0.15, -0.1) is 0 Å². The van der Waals surface area contributed by atoms with Gasteiger partial charge in [-0.1, -0.05) is 6.07 Å². The summed E-state index contributed by atoms with van der Waals surface area (Å²) in [7, 11) is 0. The molecule has 1 aromatic rings. The molecular formula is C18H30N2O3. The first-order chi connectivity index (χ1) is 11.2. The smallest absolute Gasteiger partial charge is 0.161 e. The zero-order valence-corrected chi connectivity index (χ0v) is 14.6. The molecule has 0 amide bonds. The van der Waals surface area contributed by atoms with Crippen molar-refractivity contribution in [3.8, 4) is 11.5 Å². The molecule has 23 heavy (non-hydrogen) atoms. The Bertz CT molecular complexity index is 460. The molecule has 0 saturated carbocycles. The fraction of sp³-hybridized carbons (Fsp3) is 0.667. The van der Waals surface area contributed by atoms with Crippen molar-refractivity contribution in [2.24, 2.45) is 0 Å². The molecule has 1 aromatic carbocycles. The molecule has 1 aliphatic heterocycles. The van der Waals surface area contributed by atoms with Crippen molar-refractivity contribution in [1.29, 1.82) is 0 Å². The minimum absolute atomic E-state index is 0.145. The molecule has 1 heterocycles. The second-order valence-electron chi connectivity index (χ2n) is 6.01. The van der Waals surface area contributed by atoms with Crippen LogP contribution in [0.4, 0.5) is 0 Å². The van der Waals surface area contributed by atoms with E-state index in [4.69, 9.17) is 14.2 Å². The summed E-state index contributed by atoms with van der Waals surface area (Å²) in [5.41, 5.74) is 1.21. The molecule has 0 radical (unpaired) electrons. The zero-order chi connectivity index (χ0) is 16.5. The largest absolute Gasteiger partial charge is 0.490 e. The SMILES string of the molecule is CCOc1cc(CNCCN2CCOCC2)ccc1OC(C)C. The average Bonchev–Trinajstić information content (AvgIpc) is 2.55. The fourth-order valence-electron chi connectivity index (χ4n) is 2.58. The van der Waals surface area contributed by atoms with E-state index in [1.54, 1.807) is 0 Å². The van der Waals surface area contributed by atoms with Gasteiger partial charge in [0.05, 0.1) is 25.9 Å². The van der Waals surface area contributed by atoms with Crippen LogP contribution in [0.25, 0.3) is 0 Å². The van der Waals surface area contributed by atoms with Gasteiger partial charge >= 0.3 is 0 Å². The molecule has 1 N–H and O–H groups in total. The van der Waals surface area contributed by atoms with E-state index < -0.39 is 0 Å². The van der Waals surface area contributed by atoms with Crippen LogP contribution in [0.3, 0.4) is 0 Å². The molecule has 1 aliphatic rings. The Morgan fingerprint density at radius 1 is 1.22 bits per heavy atom. The second-order valence-corrected chi connectivity index (χ2v) is 6.01. The van der Waals surface area contributed by atoms with Crippen molar-refractivity contribution in [1.82, 2.24) is 10.2 Å². The Morgan fingerprint density at radius 3 is 2.70 bits per heavy atom. The maximum absolute atomic E-state index is 5.79. The summed E-state index contributed by atoms with van der Waals surface area (Å²) in [6, 6.07) is 6.18. The maximum Gasteiger partial charge on any atom is 0.161 e. The first-order valence-corrected chi connectivity index (χ1v) is 8.62. The van der Waals surface area contributed by atoms with Crippen LogP contribution < -0.4 is 14.8 Å². The molecule has 130 valence electrons. The topological polar surface area (TPSA) is 43.0 Å². The Hall–Kier alpha value is -1.30. The van der Waals surface area contributed by atoms with Crippen LogP contribution in [0, 0.1) is 0 Å².